The van der Waals surface area contributed by atoms with E-state index in [0.717, 1.165) is 18.5 Å². The van der Waals surface area contributed by atoms with Gasteiger partial charge in [-0.1, -0.05) is 30.3 Å². The van der Waals surface area contributed by atoms with E-state index in [1.165, 1.54) is 23.3 Å². The van der Waals surface area contributed by atoms with Gasteiger partial charge < -0.3 is 10.6 Å². The summed E-state index contributed by atoms with van der Waals surface area (Å²) in [5, 5.41) is 17.2. The Hall–Kier alpha value is -2.44. The minimum absolute atomic E-state index is 0. The first-order valence-corrected chi connectivity index (χ1v) is 7.90. The Morgan fingerprint density at radius 2 is 2.08 bits per heavy atom. The molecule has 0 spiro atoms. The first-order valence-electron chi connectivity index (χ1n) is 7.90. The van der Waals surface area contributed by atoms with Crippen LogP contribution in [0.25, 0.3) is 0 Å². The van der Waals surface area contributed by atoms with E-state index >= 15 is 0 Å². The van der Waals surface area contributed by atoms with Crippen molar-refractivity contribution in [1.82, 2.24) is 10.6 Å². The number of fused-ring (bicyclic) bond motifs is 1. The fourth-order valence-electron chi connectivity index (χ4n) is 3.03. The second kappa shape index (κ2) is 8.09. The predicted molar refractivity (Wildman–Crippen MR) is 98.3 cm³/mol. The number of carbonyl (C=O) groups is 1. The van der Waals surface area contributed by atoms with E-state index in [4.69, 9.17) is 0 Å². The van der Waals surface area contributed by atoms with Crippen molar-refractivity contribution in [2.45, 2.75) is 19.4 Å². The van der Waals surface area contributed by atoms with Crippen LogP contribution in [-0.4, -0.2) is 23.9 Å². The van der Waals surface area contributed by atoms with E-state index < -0.39 is 4.92 Å². The van der Waals surface area contributed by atoms with E-state index in [0.29, 0.717) is 12.1 Å². The number of nitro groups is 1. The Kier molecular flexibility index (Phi) is 6.12. The third-order valence-corrected chi connectivity index (χ3v) is 4.36. The summed E-state index contributed by atoms with van der Waals surface area (Å²) in [4.78, 5) is 22.8. The van der Waals surface area contributed by atoms with Gasteiger partial charge in [0.1, 0.15) is 0 Å². The molecule has 132 valence electrons. The average molecular weight is 362 g/mol. The zero-order chi connectivity index (χ0) is 17.1. The average Bonchev–Trinajstić information content (AvgIpc) is 2.59. The maximum Gasteiger partial charge on any atom is 0.270 e. The molecule has 1 aliphatic heterocycles. The van der Waals surface area contributed by atoms with Gasteiger partial charge in [-0.2, -0.15) is 0 Å². The maximum absolute atomic E-state index is 12.4. The number of nitrogens with one attached hydrogen (secondary N) is 2. The SMILES string of the molecule is Cc1ccc([N+](=O)[O-])cc1C(=O)NCC1NCCc2ccccc21.Cl. The molecule has 1 amide bonds. The Morgan fingerprint density at radius 3 is 2.84 bits per heavy atom. The van der Waals surface area contributed by atoms with Crippen LogP contribution < -0.4 is 10.6 Å². The molecule has 0 fully saturated rings. The van der Waals surface area contributed by atoms with Crippen LogP contribution in [0.4, 0.5) is 5.69 Å². The minimum atomic E-state index is -0.491. The topological polar surface area (TPSA) is 84.3 Å². The van der Waals surface area contributed by atoms with Crippen LogP contribution in [0.15, 0.2) is 42.5 Å². The van der Waals surface area contributed by atoms with Gasteiger partial charge in [0.2, 0.25) is 0 Å². The number of hydrogen-bond donors (Lipinski definition) is 2. The number of benzene rings is 2. The molecule has 1 unspecified atom stereocenters. The number of carbonyl (C=O) groups excluding carboxylic acids is 1. The molecular weight excluding hydrogens is 342 g/mol. The highest BCUT2D eigenvalue weighted by Crippen LogP contribution is 2.22. The standard InChI is InChI=1S/C18H19N3O3.ClH/c1-12-6-7-14(21(23)24)10-16(12)18(22)20-11-17-15-5-3-2-4-13(15)8-9-19-17;/h2-7,10,17,19H,8-9,11H2,1H3,(H,20,22);1H. The van der Waals surface area contributed by atoms with Gasteiger partial charge in [0, 0.05) is 30.3 Å². The van der Waals surface area contributed by atoms with Gasteiger partial charge in [0.25, 0.3) is 11.6 Å². The fourth-order valence-corrected chi connectivity index (χ4v) is 3.03. The summed E-state index contributed by atoms with van der Waals surface area (Å²) in [5.41, 5.74) is 3.47. The van der Waals surface area contributed by atoms with Crippen molar-refractivity contribution < 1.29 is 9.72 Å². The quantitative estimate of drug-likeness (QED) is 0.647. The first-order chi connectivity index (χ1) is 11.6. The highest BCUT2D eigenvalue weighted by atomic mass is 35.5. The lowest BCUT2D eigenvalue weighted by Gasteiger charge is -2.27. The van der Waals surface area contributed by atoms with Crippen LogP contribution in [0.2, 0.25) is 0 Å². The fraction of sp³-hybridized carbons (Fsp3) is 0.278. The van der Waals surface area contributed by atoms with Crippen molar-refractivity contribution in [1.29, 1.82) is 0 Å². The molecule has 2 aromatic carbocycles. The van der Waals surface area contributed by atoms with Crippen molar-refractivity contribution in [2.75, 3.05) is 13.1 Å². The second-order valence-corrected chi connectivity index (χ2v) is 5.92. The Bertz CT molecular complexity index is 795. The third-order valence-electron chi connectivity index (χ3n) is 4.36. The highest BCUT2D eigenvalue weighted by Gasteiger charge is 2.21. The molecule has 0 bridgehead atoms. The summed E-state index contributed by atoms with van der Waals surface area (Å²) < 4.78 is 0. The number of halogens is 1. The van der Waals surface area contributed by atoms with Gasteiger partial charge in [0.05, 0.1) is 4.92 Å². The Labute approximate surface area is 152 Å². The van der Waals surface area contributed by atoms with Gasteiger partial charge in [-0.05, 0) is 36.6 Å². The molecule has 1 heterocycles. The number of rotatable bonds is 4. The summed E-state index contributed by atoms with van der Waals surface area (Å²) in [6.07, 6.45) is 0.977. The molecule has 0 saturated carbocycles. The van der Waals surface area contributed by atoms with Gasteiger partial charge in [-0.3, -0.25) is 14.9 Å². The molecule has 1 aliphatic rings. The molecule has 6 nitrogen and oxygen atoms in total. The lowest BCUT2D eigenvalue weighted by molar-refractivity contribution is -0.384. The number of nitrogens with zero attached hydrogens (tertiary/aromatic N) is 1. The Morgan fingerprint density at radius 1 is 1.32 bits per heavy atom. The van der Waals surface area contributed by atoms with Crippen LogP contribution in [0, 0.1) is 17.0 Å². The van der Waals surface area contributed by atoms with Crippen molar-refractivity contribution >= 4 is 24.0 Å². The molecule has 2 aromatic rings. The zero-order valence-corrected chi connectivity index (χ0v) is 14.6. The Balaban J connectivity index is 0.00000225. The smallest absolute Gasteiger partial charge is 0.270 e. The molecule has 0 saturated heterocycles. The molecule has 0 aliphatic carbocycles. The molecule has 7 heteroatoms. The van der Waals surface area contributed by atoms with Gasteiger partial charge in [-0.15, -0.1) is 12.4 Å². The first kappa shape index (κ1) is 18.9. The lowest BCUT2D eigenvalue weighted by Crippen LogP contribution is -2.39. The maximum atomic E-state index is 12.4. The number of hydrogen-bond acceptors (Lipinski definition) is 4. The number of aryl methyl sites for hydroxylation is 1. The number of non-ortho nitro benzene ring substituents is 1. The van der Waals surface area contributed by atoms with Crippen LogP contribution >= 0.6 is 12.4 Å². The van der Waals surface area contributed by atoms with Crippen LogP contribution in [-0.2, 0) is 6.42 Å². The van der Waals surface area contributed by atoms with E-state index in [1.807, 2.05) is 12.1 Å². The summed E-state index contributed by atoms with van der Waals surface area (Å²) >= 11 is 0. The second-order valence-electron chi connectivity index (χ2n) is 5.92. The minimum Gasteiger partial charge on any atom is -0.350 e. The normalized spacial score (nSPS) is 15.6. The van der Waals surface area contributed by atoms with Gasteiger partial charge >= 0.3 is 0 Å². The summed E-state index contributed by atoms with van der Waals surface area (Å²) in [6.45, 7) is 3.08. The zero-order valence-electron chi connectivity index (χ0n) is 13.8. The summed E-state index contributed by atoms with van der Waals surface area (Å²) in [5.74, 6) is -0.291. The molecule has 1 atom stereocenters. The number of nitro benzene ring substituents is 1. The molecule has 0 aromatic heterocycles. The molecule has 25 heavy (non-hydrogen) atoms. The van der Waals surface area contributed by atoms with E-state index in [-0.39, 0.29) is 30.0 Å². The lowest BCUT2D eigenvalue weighted by atomic mass is 9.94. The molecular formula is C18H20ClN3O3. The van der Waals surface area contributed by atoms with Crippen molar-refractivity contribution in [3.63, 3.8) is 0 Å². The number of amides is 1. The van der Waals surface area contributed by atoms with Crippen molar-refractivity contribution in [2.24, 2.45) is 0 Å². The summed E-state index contributed by atoms with van der Waals surface area (Å²) in [6, 6.07) is 12.6. The monoisotopic (exact) mass is 361 g/mol. The molecule has 0 radical (unpaired) electrons. The van der Waals surface area contributed by atoms with Crippen LogP contribution in [0.3, 0.4) is 0 Å². The van der Waals surface area contributed by atoms with Crippen LogP contribution in [0.5, 0.6) is 0 Å². The van der Waals surface area contributed by atoms with Gasteiger partial charge in [-0.25, -0.2) is 0 Å². The van der Waals surface area contributed by atoms with Crippen LogP contribution in [0.1, 0.15) is 33.1 Å². The molecule has 2 N–H and O–H groups in total. The predicted octanol–water partition coefficient (Wildman–Crippen LogP) is 2.94. The third kappa shape index (κ3) is 4.15. The largest absolute Gasteiger partial charge is 0.350 e. The highest BCUT2D eigenvalue weighted by molar-refractivity contribution is 5.96. The van der Waals surface area contributed by atoms with E-state index in [2.05, 4.69) is 22.8 Å². The molecule has 3 rings (SSSR count). The summed E-state index contributed by atoms with van der Waals surface area (Å²) in [7, 11) is 0. The van der Waals surface area contributed by atoms with Gasteiger partial charge in [0.15, 0.2) is 0 Å². The van der Waals surface area contributed by atoms with Crippen molar-refractivity contribution in [3.05, 3.63) is 74.8 Å². The van der Waals surface area contributed by atoms with E-state index in [9.17, 15) is 14.9 Å². The van der Waals surface area contributed by atoms with E-state index in [1.54, 1.807) is 13.0 Å². The van der Waals surface area contributed by atoms with Crippen molar-refractivity contribution in [3.8, 4) is 0 Å².